The van der Waals surface area contributed by atoms with Crippen LogP contribution in [0.25, 0.3) is 0 Å². The van der Waals surface area contributed by atoms with Crippen LogP contribution in [0.15, 0.2) is 12.2 Å². The first-order chi connectivity index (χ1) is 16.2. The van der Waals surface area contributed by atoms with Crippen molar-refractivity contribution >= 4 is 24.1 Å². The Hall–Kier alpha value is -2.82. The minimum absolute atomic E-state index is 0.0891. The summed E-state index contributed by atoms with van der Waals surface area (Å²) in [6, 6.07) is -1.94. The Bertz CT molecular complexity index is 776. The van der Waals surface area contributed by atoms with Gasteiger partial charge in [-0.05, 0) is 82.1 Å². The highest BCUT2D eigenvalue weighted by Crippen LogP contribution is 2.11. The average molecular weight is 516 g/mol. The zero-order valence-corrected chi connectivity index (χ0v) is 23.3. The zero-order chi connectivity index (χ0) is 28.3. The van der Waals surface area contributed by atoms with Gasteiger partial charge in [0.1, 0.15) is 22.8 Å². The molecule has 208 valence electrons. The van der Waals surface area contributed by atoms with Gasteiger partial charge in [0.15, 0.2) is 0 Å². The number of nitrogens with one attached hydrogen (secondary N) is 3. The summed E-state index contributed by atoms with van der Waals surface area (Å²) < 4.78 is 15.5. The fourth-order valence-corrected chi connectivity index (χ4v) is 2.67. The summed E-state index contributed by atoms with van der Waals surface area (Å²) in [4.78, 5) is 48.8. The molecule has 0 aliphatic heterocycles. The largest absolute Gasteiger partial charge is 0.457 e. The molecule has 3 amide bonds. The molecule has 0 aromatic heterocycles. The van der Waals surface area contributed by atoms with Crippen molar-refractivity contribution in [3.8, 4) is 0 Å². The smallest absolute Gasteiger partial charge is 0.408 e. The fraction of sp³-hybridized carbons (Fsp3) is 0.760. The number of ether oxygens (including phenoxy) is 3. The average Bonchev–Trinajstić information content (AvgIpc) is 2.63. The second-order valence-corrected chi connectivity index (χ2v) is 11.5. The molecule has 0 radical (unpaired) electrons. The molecule has 11 heteroatoms. The van der Waals surface area contributed by atoms with Crippen molar-refractivity contribution in [2.45, 2.75) is 117 Å². The van der Waals surface area contributed by atoms with Crippen LogP contribution in [0.2, 0.25) is 0 Å². The van der Waals surface area contributed by atoms with Crippen molar-refractivity contribution < 1.29 is 38.5 Å². The molecule has 3 atom stereocenters. The summed E-state index contributed by atoms with van der Waals surface area (Å²) in [5, 5.41) is 18.3. The molecule has 0 rings (SSSR count). The number of amides is 3. The maximum atomic E-state index is 12.9. The standard InChI is InChI=1S/C25H45N3O8/c1-16(13-14-18(30)34-23(2,3)4)27-20(31)19(28-22(33)36-25(8,9)10)17(29)12-11-15-26-21(32)35-24(5,6)7/h13-14,16-17,19,29H,11-12,15H2,1-10H3,(H,26,32)(H,27,31)(H,28,33)/b14-13+/t16-,17-,19-/m0/s1. The van der Waals surface area contributed by atoms with E-state index in [2.05, 4.69) is 16.0 Å². The molecule has 0 saturated carbocycles. The first-order valence-corrected chi connectivity index (χ1v) is 12.0. The lowest BCUT2D eigenvalue weighted by Crippen LogP contribution is -2.55. The third-order valence-corrected chi connectivity index (χ3v) is 3.98. The Morgan fingerprint density at radius 2 is 1.31 bits per heavy atom. The summed E-state index contributed by atoms with van der Waals surface area (Å²) in [6.45, 7) is 17.3. The van der Waals surface area contributed by atoms with E-state index in [1.54, 1.807) is 69.2 Å². The number of carbonyl (C=O) groups is 4. The van der Waals surface area contributed by atoms with E-state index in [1.807, 2.05) is 0 Å². The highest BCUT2D eigenvalue weighted by molar-refractivity contribution is 5.87. The normalized spacial score (nSPS) is 14.9. The molecule has 0 spiro atoms. The van der Waals surface area contributed by atoms with Gasteiger partial charge in [0.05, 0.1) is 6.10 Å². The topological polar surface area (TPSA) is 152 Å². The van der Waals surface area contributed by atoms with E-state index < -0.39 is 59.1 Å². The Morgan fingerprint density at radius 3 is 1.81 bits per heavy atom. The molecular formula is C25H45N3O8. The van der Waals surface area contributed by atoms with Crippen LogP contribution in [0.3, 0.4) is 0 Å². The summed E-state index contributed by atoms with van der Waals surface area (Å²) in [7, 11) is 0. The fourth-order valence-electron chi connectivity index (χ4n) is 2.67. The Morgan fingerprint density at radius 1 is 0.806 bits per heavy atom. The molecule has 0 aromatic carbocycles. The summed E-state index contributed by atoms with van der Waals surface area (Å²) in [5.74, 6) is -1.24. The van der Waals surface area contributed by atoms with E-state index in [4.69, 9.17) is 14.2 Å². The first kappa shape index (κ1) is 33.2. The number of carbonyl (C=O) groups excluding carboxylic acids is 4. The third-order valence-electron chi connectivity index (χ3n) is 3.98. The van der Waals surface area contributed by atoms with Crippen LogP contribution in [0.1, 0.15) is 82.1 Å². The molecule has 4 N–H and O–H groups in total. The monoisotopic (exact) mass is 515 g/mol. The Labute approximate surface area is 214 Å². The predicted octanol–water partition coefficient (Wildman–Crippen LogP) is 2.95. The van der Waals surface area contributed by atoms with Crippen molar-refractivity contribution in [2.24, 2.45) is 0 Å². The Balaban J connectivity index is 5.13. The molecule has 0 unspecified atom stereocenters. The lowest BCUT2D eigenvalue weighted by molar-refractivity contribution is -0.148. The van der Waals surface area contributed by atoms with E-state index in [0.717, 1.165) is 0 Å². The summed E-state index contributed by atoms with van der Waals surface area (Å²) >= 11 is 0. The van der Waals surface area contributed by atoms with E-state index >= 15 is 0 Å². The number of aliphatic hydroxyl groups is 1. The van der Waals surface area contributed by atoms with Crippen LogP contribution in [0, 0.1) is 0 Å². The number of alkyl carbamates (subject to hydrolysis) is 2. The van der Waals surface area contributed by atoms with Crippen molar-refractivity contribution in [2.75, 3.05) is 6.54 Å². The molecule has 0 heterocycles. The van der Waals surface area contributed by atoms with E-state index in [9.17, 15) is 24.3 Å². The van der Waals surface area contributed by atoms with Crippen LogP contribution >= 0.6 is 0 Å². The molecule has 0 aromatic rings. The second-order valence-electron chi connectivity index (χ2n) is 11.5. The highest BCUT2D eigenvalue weighted by atomic mass is 16.6. The maximum Gasteiger partial charge on any atom is 0.408 e. The minimum atomic E-state index is -1.33. The van der Waals surface area contributed by atoms with Crippen LogP contribution in [-0.4, -0.2) is 70.7 Å². The van der Waals surface area contributed by atoms with Gasteiger partial charge in [-0.15, -0.1) is 0 Å². The predicted molar refractivity (Wildman–Crippen MR) is 135 cm³/mol. The molecular weight excluding hydrogens is 470 g/mol. The van der Waals surface area contributed by atoms with Gasteiger partial charge in [0.2, 0.25) is 5.91 Å². The lowest BCUT2D eigenvalue weighted by Gasteiger charge is -2.27. The van der Waals surface area contributed by atoms with Crippen molar-refractivity contribution in [3.05, 3.63) is 12.2 Å². The molecule has 36 heavy (non-hydrogen) atoms. The van der Waals surface area contributed by atoms with Gasteiger partial charge in [-0.2, -0.15) is 0 Å². The molecule has 0 bridgehead atoms. The quantitative estimate of drug-likeness (QED) is 0.150. The van der Waals surface area contributed by atoms with Crippen LogP contribution < -0.4 is 16.0 Å². The molecule has 0 aliphatic carbocycles. The van der Waals surface area contributed by atoms with Gasteiger partial charge in [0, 0.05) is 18.7 Å². The van der Waals surface area contributed by atoms with Crippen LogP contribution in [-0.2, 0) is 23.8 Å². The van der Waals surface area contributed by atoms with Crippen LogP contribution in [0.4, 0.5) is 9.59 Å². The number of hydrogen-bond donors (Lipinski definition) is 4. The van der Waals surface area contributed by atoms with Crippen molar-refractivity contribution in [1.82, 2.24) is 16.0 Å². The van der Waals surface area contributed by atoms with Gasteiger partial charge in [-0.3, -0.25) is 4.79 Å². The lowest BCUT2D eigenvalue weighted by atomic mass is 10.0. The molecule has 0 fully saturated rings. The third kappa shape index (κ3) is 17.6. The summed E-state index contributed by atoms with van der Waals surface area (Å²) in [6.07, 6.45) is 0.299. The van der Waals surface area contributed by atoms with Crippen molar-refractivity contribution in [3.63, 3.8) is 0 Å². The van der Waals surface area contributed by atoms with Crippen LogP contribution in [0.5, 0.6) is 0 Å². The van der Waals surface area contributed by atoms with Gasteiger partial charge in [-0.1, -0.05) is 6.08 Å². The molecule has 0 aliphatic rings. The minimum Gasteiger partial charge on any atom is -0.457 e. The number of aliphatic hydroxyl groups excluding tert-OH is 1. The summed E-state index contributed by atoms with van der Waals surface area (Å²) in [5.41, 5.74) is -2.10. The Kier molecular flexibility index (Phi) is 13.0. The van der Waals surface area contributed by atoms with Gasteiger partial charge in [0.25, 0.3) is 0 Å². The van der Waals surface area contributed by atoms with E-state index in [1.165, 1.54) is 12.2 Å². The second kappa shape index (κ2) is 14.1. The van der Waals surface area contributed by atoms with Gasteiger partial charge >= 0.3 is 18.2 Å². The number of rotatable bonds is 10. The highest BCUT2D eigenvalue weighted by Gasteiger charge is 2.31. The van der Waals surface area contributed by atoms with Gasteiger partial charge in [-0.25, -0.2) is 14.4 Å². The van der Waals surface area contributed by atoms with Crippen molar-refractivity contribution in [1.29, 1.82) is 0 Å². The van der Waals surface area contributed by atoms with E-state index in [-0.39, 0.29) is 13.0 Å². The first-order valence-electron chi connectivity index (χ1n) is 12.0. The SMILES string of the molecule is C[C@@H](/C=C/C(=O)OC(C)(C)C)NC(=O)[C@@H](NC(=O)OC(C)(C)C)[C@@H](O)CCCNC(=O)OC(C)(C)C. The zero-order valence-electron chi connectivity index (χ0n) is 23.3. The molecule has 11 nitrogen and oxygen atoms in total. The van der Waals surface area contributed by atoms with Gasteiger partial charge < -0.3 is 35.3 Å². The maximum absolute atomic E-state index is 12.9. The number of esters is 1. The van der Waals surface area contributed by atoms with E-state index in [0.29, 0.717) is 6.42 Å². The number of hydrogen-bond acceptors (Lipinski definition) is 8. The molecule has 0 saturated heterocycles.